The zero-order chi connectivity index (χ0) is 16.1. The topological polar surface area (TPSA) is 41.5 Å². The van der Waals surface area contributed by atoms with Crippen LogP contribution in [0.1, 0.15) is 15.9 Å². The van der Waals surface area contributed by atoms with Crippen LogP contribution in [0, 0.1) is 0 Å². The molecule has 114 valence electrons. The summed E-state index contributed by atoms with van der Waals surface area (Å²) in [5.74, 6) is -0.253. The molecule has 0 radical (unpaired) electrons. The molecule has 3 aromatic rings. The smallest absolute Gasteiger partial charge is 0.267 e. The van der Waals surface area contributed by atoms with Crippen LogP contribution in [0.5, 0.6) is 0 Å². The highest BCUT2D eigenvalue weighted by Gasteiger charge is 2.07. The molecule has 0 aliphatic heterocycles. The Morgan fingerprint density at radius 2 is 1.70 bits per heavy atom. The number of hydrogen-bond donors (Lipinski definition) is 1. The quantitative estimate of drug-likeness (QED) is 0.536. The number of hydrazone groups is 1. The minimum atomic E-state index is -0.253. The van der Waals surface area contributed by atoms with Crippen molar-refractivity contribution < 1.29 is 4.79 Å². The van der Waals surface area contributed by atoms with E-state index < -0.39 is 0 Å². The van der Waals surface area contributed by atoms with E-state index in [0.717, 1.165) is 16.0 Å². The van der Waals surface area contributed by atoms with Gasteiger partial charge in [-0.3, -0.25) is 4.79 Å². The lowest BCUT2D eigenvalue weighted by Gasteiger charge is -1.98. The summed E-state index contributed by atoms with van der Waals surface area (Å²) in [6.45, 7) is 0. The van der Waals surface area contributed by atoms with Gasteiger partial charge in [-0.1, -0.05) is 60.1 Å². The van der Waals surface area contributed by atoms with Gasteiger partial charge in [-0.05, 0) is 23.8 Å². The van der Waals surface area contributed by atoms with E-state index in [-0.39, 0.29) is 5.91 Å². The first-order chi connectivity index (χ1) is 11.2. The van der Waals surface area contributed by atoms with Crippen molar-refractivity contribution in [2.45, 2.75) is 0 Å². The fourth-order valence-electron chi connectivity index (χ4n) is 2.03. The van der Waals surface area contributed by atoms with Crippen molar-refractivity contribution in [1.82, 2.24) is 5.43 Å². The highest BCUT2D eigenvalue weighted by atomic mass is 35.5. The second-order valence-electron chi connectivity index (χ2n) is 4.77. The molecule has 2 aromatic carbocycles. The van der Waals surface area contributed by atoms with Crippen molar-refractivity contribution in [3.8, 4) is 10.4 Å². The first-order valence-corrected chi connectivity index (χ1v) is 8.17. The van der Waals surface area contributed by atoms with Crippen molar-refractivity contribution in [1.29, 1.82) is 0 Å². The molecule has 23 heavy (non-hydrogen) atoms. The van der Waals surface area contributed by atoms with Gasteiger partial charge in [0.15, 0.2) is 0 Å². The standard InChI is InChI=1S/C18H13ClN2OS/c19-17-15(11-16(23-17)13-7-3-1-4-8-13)12-20-21-18(22)14-9-5-2-6-10-14/h1-12H,(H,21,22)/b20-12-. The van der Waals surface area contributed by atoms with E-state index in [1.54, 1.807) is 30.5 Å². The first-order valence-electron chi connectivity index (χ1n) is 6.97. The molecule has 1 heterocycles. The molecule has 0 fully saturated rings. The minimum absolute atomic E-state index is 0.253. The van der Waals surface area contributed by atoms with Crippen LogP contribution in [0.2, 0.25) is 4.34 Å². The van der Waals surface area contributed by atoms with Gasteiger partial charge in [0.2, 0.25) is 0 Å². The maximum Gasteiger partial charge on any atom is 0.271 e. The third-order valence-electron chi connectivity index (χ3n) is 3.18. The fourth-order valence-corrected chi connectivity index (χ4v) is 3.25. The summed E-state index contributed by atoms with van der Waals surface area (Å²) in [5.41, 5.74) is 4.95. The second kappa shape index (κ2) is 7.22. The average Bonchev–Trinajstić information content (AvgIpc) is 2.97. The third kappa shape index (κ3) is 3.86. The average molecular weight is 341 g/mol. The first kappa shape index (κ1) is 15.5. The number of nitrogens with zero attached hydrogens (tertiary/aromatic N) is 1. The van der Waals surface area contributed by atoms with E-state index in [9.17, 15) is 4.79 Å². The molecule has 0 saturated heterocycles. The lowest BCUT2D eigenvalue weighted by atomic mass is 10.2. The molecule has 0 aliphatic rings. The molecule has 0 bridgehead atoms. The van der Waals surface area contributed by atoms with Gasteiger partial charge >= 0.3 is 0 Å². The van der Waals surface area contributed by atoms with Crippen molar-refractivity contribution in [2.75, 3.05) is 0 Å². The number of carbonyl (C=O) groups excluding carboxylic acids is 1. The van der Waals surface area contributed by atoms with E-state index in [1.807, 2.05) is 42.5 Å². The Hall–Kier alpha value is -2.43. The normalized spacial score (nSPS) is 10.8. The summed E-state index contributed by atoms with van der Waals surface area (Å²) in [4.78, 5) is 13.0. The number of nitrogens with one attached hydrogen (secondary N) is 1. The maximum absolute atomic E-state index is 11.9. The molecule has 0 saturated carbocycles. The number of amides is 1. The summed E-state index contributed by atoms with van der Waals surface area (Å²) in [6, 6.07) is 20.9. The van der Waals surface area contributed by atoms with E-state index in [4.69, 9.17) is 11.6 Å². The predicted molar refractivity (Wildman–Crippen MR) is 96.3 cm³/mol. The van der Waals surface area contributed by atoms with Crippen LogP contribution < -0.4 is 5.43 Å². The largest absolute Gasteiger partial charge is 0.271 e. The monoisotopic (exact) mass is 340 g/mol. The van der Waals surface area contributed by atoms with Crippen LogP contribution in [-0.4, -0.2) is 12.1 Å². The Morgan fingerprint density at radius 3 is 2.39 bits per heavy atom. The maximum atomic E-state index is 11.9. The molecule has 0 spiro atoms. The van der Waals surface area contributed by atoms with Crippen molar-refractivity contribution in [2.24, 2.45) is 5.10 Å². The number of rotatable bonds is 4. The lowest BCUT2D eigenvalue weighted by molar-refractivity contribution is 0.0955. The number of hydrogen-bond acceptors (Lipinski definition) is 3. The molecular weight excluding hydrogens is 328 g/mol. The van der Waals surface area contributed by atoms with Gasteiger partial charge in [0.1, 0.15) is 4.34 Å². The Balaban J connectivity index is 1.71. The zero-order valence-electron chi connectivity index (χ0n) is 12.1. The molecule has 0 unspecified atom stereocenters. The Morgan fingerprint density at radius 1 is 1.04 bits per heavy atom. The molecular formula is C18H13ClN2OS. The molecule has 3 rings (SSSR count). The summed E-state index contributed by atoms with van der Waals surface area (Å²) in [7, 11) is 0. The predicted octanol–water partition coefficient (Wildman–Crippen LogP) is 4.83. The van der Waals surface area contributed by atoms with Crippen LogP contribution in [0.15, 0.2) is 71.8 Å². The molecule has 1 aromatic heterocycles. The van der Waals surface area contributed by atoms with Crippen LogP contribution in [0.4, 0.5) is 0 Å². The van der Waals surface area contributed by atoms with Crippen molar-refractivity contribution >= 4 is 35.1 Å². The van der Waals surface area contributed by atoms with E-state index in [1.165, 1.54) is 11.3 Å². The lowest BCUT2D eigenvalue weighted by Crippen LogP contribution is -2.17. The van der Waals surface area contributed by atoms with E-state index in [2.05, 4.69) is 10.5 Å². The van der Waals surface area contributed by atoms with Crippen molar-refractivity contribution in [3.05, 3.63) is 82.2 Å². The summed E-state index contributed by atoms with van der Waals surface area (Å²) in [5, 5.41) is 3.98. The van der Waals surface area contributed by atoms with Crippen LogP contribution in [-0.2, 0) is 0 Å². The number of halogens is 1. The summed E-state index contributed by atoms with van der Waals surface area (Å²) >= 11 is 7.73. The van der Waals surface area contributed by atoms with Gasteiger partial charge in [0, 0.05) is 16.0 Å². The number of benzene rings is 2. The number of carbonyl (C=O) groups is 1. The highest BCUT2D eigenvalue weighted by Crippen LogP contribution is 2.33. The molecule has 1 N–H and O–H groups in total. The van der Waals surface area contributed by atoms with Gasteiger partial charge in [-0.2, -0.15) is 5.10 Å². The molecule has 0 atom stereocenters. The van der Waals surface area contributed by atoms with Gasteiger partial charge in [0.05, 0.1) is 6.21 Å². The minimum Gasteiger partial charge on any atom is -0.267 e. The Kier molecular flexibility index (Phi) is 4.86. The number of thiophene rings is 1. The van der Waals surface area contributed by atoms with Crippen LogP contribution in [0.3, 0.4) is 0 Å². The second-order valence-corrected chi connectivity index (χ2v) is 6.43. The fraction of sp³-hybridized carbons (Fsp3) is 0. The van der Waals surface area contributed by atoms with Crippen molar-refractivity contribution in [3.63, 3.8) is 0 Å². The molecule has 3 nitrogen and oxygen atoms in total. The zero-order valence-corrected chi connectivity index (χ0v) is 13.6. The van der Waals surface area contributed by atoms with Gasteiger partial charge in [-0.15, -0.1) is 11.3 Å². The summed E-state index contributed by atoms with van der Waals surface area (Å²) < 4.78 is 0.640. The SMILES string of the molecule is O=C(N/N=C\c1cc(-c2ccccc2)sc1Cl)c1ccccc1. The molecule has 5 heteroatoms. The summed E-state index contributed by atoms with van der Waals surface area (Å²) in [6.07, 6.45) is 1.56. The third-order valence-corrected chi connectivity index (χ3v) is 4.62. The van der Waals surface area contributed by atoms with Crippen LogP contribution in [0.25, 0.3) is 10.4 Å². The highest BCUT2D eigenvalue weighted by molar-refractivity contribution is 7.19. The molecule has 0 aliphatic carbocycles. The van der Waals surface area contributed by atoms with Gasteiger partial charge in [0.25, 0.3) is 5.91 Å². The van der Waals surface area contributed by atoms with E-state index >= 15 is 0 Å². The van der Waals surface area contributed by atoms with Gasteiger partial charge < -0.3 is 0 Å². The van der Waals surface area contributed by atoms with Crippen LogP contribution >= 0.6 is 22.9 Å². The molecule has 1 amide bonds. The Bertz CT molecular complexity index is 829. The Labute approximate surface area is 143 Å². The van der Waals surface area contributed by atoms with E-state index in [0.29, 0.717) is 9.90 Å². The van der Waals surface area contributed by atoms with Gasteiger partial charge in [-0.25, -0.2) is 5.43 Å².